The summed E-state index contributed by atoms with van der Waals surface area (Å²) in [5, 5.41) is 8.82. The highest BCUT2D eigenvalue weighted by Gasteiger charge is 2.07. The van der Waals surface area contributed by atoms with Crippen LogP contribution in [0.2, 0.25) is 0 Å². The maximum atomic E-state index is 12.7. The van der Waals surface area contributed by atoms with Crippen LogP contribution in [0.15, 0.2) is 29.4 Å². The zero-order chi connectivity index (χ0) is 12.3. The normalized spacial score (nSPS) is 10.8. The first-order valence-electron chi connectivity index (χ1n) is 5.16. The average Bonchev–Trinajstić information content (AvgIpc) is 2.69. The molecule has 0 saturated heterocycles. The van der Waals surface area contributed by atoms with Crippen molar-refractivity contribution in [3.63, 3.8) is 0 Å². The van der Waals surface area contributed by atoms with Crippen molar-refractivity contribution in [1.29, 1.82) is 0 Å². The van der Waals surface area contributed by atoms with Crippen molar-refractivity contribution >= 4 is 11.8 Å². The summed E-state index contributed by atoms with van der Waals surface area (Å²) >= 11 is 1.55. The molecule has 0 aliphatic heterocycles. The van der Waals surface area contributed by atoms with E-state index in [1.807, 2.05) is 11.6 Å². The van der Waals surface area contributed by atoms with Gasteiger partial charge in [0, 0.05) is 12.8 Å². The molecule has 0 spiro atoms. The Morgan fingerprint density at radius 1 is 1.29 bits per heavy atom. The van der Waals surface area contributed by atoms with Gasteiger partial charge < -0.3 is 10.3 Å². The zero-order valence-electron chi connectivity index (χ0n) is 9.43. The van der Waals surface area contributed by atoms with Crippen molar-refractivity contribution in [1.82, 2.24) is 14.8 Å². The monoisotopic (exact) mass is 252 g/mol. The molecule has 0 atom stereocenters. The fourth-order valence-electron chi connectivity index (χ4n) is 1.38. The number of aromatic nitrogens is 3. The van der Waals surface area contributed by atoms with E-state index in [9.17, 15) is 4.39 Å². The molecule has 0 unspecified atom stereocenters. The maximum Gasteiger partial charge on any atom is 0.191 e. The van der Waals surface area contributed by atoms with E-state index in [1.54, 1.807) is 23.9 Å². The van der Waals surface area contributed by atoms with E-state index in [2.05, 4.69) is 10.2 Å². The number of rotatable bonds is 4. The molecule has 1 aromatic carbocycles. The number of hydrogen-bond donors (Lipinski definition) is 1. The maximum absolute atomic E-state index is 12.7. The first-order chi connectivity index (χ1) is 8.20. The second kappa shape index (κ2) is 5.29. The first kappa shape index (κ1) is 12.1. The van der Waals surface area contributed by atoms with Gasteiger partial charge in [-0.2, -0.15) is 0 Å². The molecule has 2 rings (SSSR count). The van der Waals surface area contributed by atoms with E-state index in [-0.39, 0.29) is 5.82 Å². The number of nitrogens with zero attached hydrogens (tertiary/aromatic N) is 3. The molecule has 0 fully saturated rings. The van der Waals surface area contributed by atoms with Crippen molar-refractivity contribution in [2.75, 3.05) is 0 Å². The van der Waals surface area contributed by atoms with Gasteiger partial charge in [0.25, 0.3) is 0 Å². The molecule has 0 aliphatic carbocycles. The Hall–Kier alpha value is -1.40. The topological polar surface area (TPSA) is 56.7 Å². The molecule has 4 nitrogen and oxygen atoms in total. The molecule has 90 valence electrons. The molecule has 17 heavy (non-hydrogen) atoms. The molecule has 1 aromatic heterocycles. The minimum absolute atomic E-state index is 0.220. The molecule has 0 bridgehead atoms. The molecular weight excluding hydrogens is 239 g/mol. The Morgan fingerprint density at radius 2 is 2.00 bits per heavy atom. The van der Waals surface area contributed by atoms with Gasteiger partial charge >= 0.3 is 0 Å². The molecule has 0 radical (unpaired) electrons. The number of nitrogens with two attached hydrogens (primary N) is 1. The highest BCUT2D eigenvalue weighted by molar-refractivity contribution is 7.98. The molecule has 2 N–H and O–H groups in total. The fraction of sp³-hybridized carbons (Fsp3) is 0.273. The van der Waals surface area contributed by atoms with Crippen molar-refractivity contribution in [2.24, 2.45) is 12.8 Å². The molecule has 1 heterocycles. The number of thioether (sulfide) groups is 1. The van der Waals surface area contributed by atoms with Crippen LogP contribution in [0.25, 0.3) is 0 Å². The van der Waals surface area contributed by atoms with Crippen LogP contribution in [0.1, 0.15) is 11.4 Å². The smallest absolute Gasteiger partial charge is 0.191 e. The third kappa shape index (κ3) is 2.83. The van der Waals surface area contributed by atoms with Crippen molar-refractivity contribution in [2.45, 2.75) is 17.5 Å². The lowest BCUT2D eigenvalue weighted by molar-refractivity contribution is 0.627. The van der Waals surface area contributed by atoms with Gasteiger partial charge in [0.15, 0.2) is 5.16 Å². The Bertz CT molecular complexity index is 495. The highest BCUT2D eigenvalue weighted by atomic mass is 32.2. The summed E-state index contributed by atoms with van der Waals surface area (Å²) in [4.78, 5) is 0. The van der Waals surface area contributed by atoms with Crippen LogP contribution < -0.4 is 5.73 Å². The minimum Gasteiger partial charge on any atom is -0.324 e. The Kier molecular flexibility index (Phi) is 3.75. The SMILES string of the molecule is Cn1c(CN)nnc1SCc1ccc(F)cc1. The van der Waals surface area contributed by atoms with E-state index in [0.717, 1.165) is 22.3 Å². The highest BCUT2D eigenvalue weighted by Crippen LogP contribution is 2.20. The molecule has 6 heteroatoms. The van der Waals surface area contributed by atoms with E-state index < -0.39 is 0 Å². The van der Waals surface area contributed by atoms with Crippen LogP contribution in [-0.2, 0) is 19.3 Å². The lowest BCUT2D eigenvalue weighted by Gasteiger charge is -2.02. The number of hydrogen-bond acceptors (Lipinski definition) is 4. The Labute approximate surface area is 103 Å². The van der Waals surface area contributed by atoms with Crippen molar-refractivity contribution in [3.05, 3.63) is 41.5 Å². The fourth-order valence-corrected chi connectivity index (χ4v) is 2.26. The molecule has 0 aliphatic rings. The van der Waals surface area contributed by atoms with E-state index in [0.29, 0.717) is 6.54 Å². The van der Waals surface area contributed by atoms with Gasteiger partial charge in [0.1, 0.15) is 11.6 Å². The predicted octanol–water partition coefficient (Wildman–Crippen LogP) is 1.71. The van der Waals surface area contributed by atoms with Gasteiger partial charge in [-0.05, 0) is 17.7 Å². The standard InChI is InChI=1S/C11H13FN4S/c1-16-10(6-13)14-15-11(16)17-7-8-2-4-9(12)5-3-8/h2-5H,6-7,13H2,1H3. The van der Waals surface area contributed by atoms with Crippen LogP contribution in [-0.4, -0.2) is 14.8 Å². The quantitative estimate of drug-likeness (QED) is 0.842. The largest absolute Gasteiger partial charge is 0.324 e. The Morgan fingerprint density at radius 3 is 2.59 bits per heavy atom. The Balaban J connectivity index is 2.02. The predicted molar refractivity (Wildman–Crippen MR) is 64.9 cm³/mol. The third-order valence-electron chi connectivity index (χ3n) is 2.39. The number of benzene rings is 1. The summed E-state index contributed by atoms with van der Waals surface area (Å²) in [5.74, 6) is 1.27. The minimum atomic E-state index is -0.220. The summed E-state index contributed by atoms with van der Waals surface area (Å²) in [6.07, 6.45) is 0. The van der Waals surface area contributed by atoms with Gasteiger partial charge in [0.05, 0.1) is 6.54 Å². The van der Waals surface area contributed by atoms with E-state index in [1.165, 1.54) is 12.1 Å². The summed E-state index contributed by atoms with van der Waals surface area (Å²) in [6, 6.07) is 6.45. The second-order valence-corrected chi connectivity index (χ2v) is 4.52. The molecular formula is C11H13FN4S. The van der Waals surface area contributed by atoms with Crippen LogP contribution in [0.3, 0.4) is 0 Å². The van der Waals surface area contributed by atoms with Crippen molar-refractivity contribution in [3.8, 4) is 0 Å². The first-order valence-corrected chi connectivity index (χ1v) is 6.15. The average molecular weight is 252 g/mol. The van der Waals surface area contributed by atoms with Crippen LogP contribution in [0.4, 0.5) is 4.39 Å². The van der Waals surface area contributed by atoms with Crippen LogP contribution in [0, 0.1) is 5.82 Å². The molecule has 0 saturated carbocycles. The lowest BCUT2D eigenvalue weighted by Crippen LogP contribution is -2.05. The molecule has 2 aromatic rings. The lowest BCUT2D eigenvalue weighted by atomic mass is 10.2. The summed E-state index contributed by atoms with van der Waals surface area (Å²) in [7, 11) is 1.88. The summed E-state index contributed by atoms with van der Waals surface area (Å²) in [5.41, 5.74) is 6.56. The van der Waals surface area contributed by atoms with Gasteiger partial charge in [-0.25, -0.2) is 4.39 Å². The van der Waals surface area contributed by atoms with Gasteiger partial charge in [-0.3, -0.25) is 0 Å². The van der Waals surface area contributed by atoms with Gasteiger partial charge in [-0.15, -0.1) is 10.2 Å². The van der Waals surface area contributed by atoms with Crippen molar-refractivity contribution < 1.29 is 4.39 Å². The summed E-state index contributed by atoms with van der Waals surface area (Å²) < 4.78 is 14.6. The summed E-state index contributed by atoms with van der Waals surface area (Å²) in [6.45, 7) is 0.376. The van der Waals surface area contributed by atoms with Crippen LogP contribution in [0.5, 0.6) is 0 Å². The molecule has 0 amide bonds. The van der Waals surface area contributed by atoms with Crippen LogP contribution >= 0.6 is 11.8 Å². The van der Waals surface area contributed by atoms with E-state index >= 15 is 0 Å². The van der Waals surface area contributed by atoms with Gasteiger partial charge in [-0.1, -0.05) is 23.9 Å². The second-order valence-electron chi connectivity index (χ2n) is 3.58. The van der Waals surface area contributed by atoms with E-state index in [4.69, 9.17) is 5.73 Å². The third-order valence-corrected chi connectivity index (χ3v) is 3.48. The van der Waals surface area contributed by atoms with Gasteiger partial charge in [0.2, 0.25) is 0 Å². The number of halogens is 1. The zero-order valence-corrected chi connectivity index (χ0v) is 10.2.